The molecule has 0 fully saturated rings. The Labute approximate surface area is 117 Å². The van der Waals surface area contributed by atoms with Crippen LogP contribution in [0.4, 0.5) is 0 Å². The van der Waals surface area contributed by atoms with Gasteiger partial charge in [-0.2, -0.15) is 0 Å². The van der Waals surface area contributed by atoms with Crippen LogP contribution in [-0.2, 0) is 22.6 Å². The molecule has 0 saturated carbocycles. The topological polar surface area (TPSA) is 39.2 Å². The van der Waals surface area contributed by atoms with E-state index in [1.165, 1.54) is 0 Å². The van der Waals surface area contributed by atoms with Gasteiger partial charge in [0.25, 0.3) is 0 Å². The molecule has 3 nitrogen and oxygen atoms in total. The maximum atomic E-state index is 11.7. The summed E-state index contributed by atoms with van der Waals surface area (Å²) in [6.07, 6.45) is 1.89. The lowest BCUT2D eigenvalue weighted by Crippen LogP contribution is -2.09. The van der Waals surface area contributed by atoms with Crippen molar-refractivity contribution < 1.29 is 9.53 Å². The van der Waals surface area contributed by atoms with E-state index >= 15 is 0 Å². The number of pyridine rings is 1. The van der Waals surface area contributed by atoms with Crippen LogP contribution in [0.2, 0.25) is 5.15 Å². The van der Waals surface area contributed by atoms with Gasteiger partial charge in [-0.05, 0) is 24.1 Å². The second kappa shape index (κ2) is 6.34. The summed E-state index contributed by atoms with van der Waals surface area (Å²) in [5, 5.41) is 0.426. The van der Waals surface area contributed by atoms with Gasteiger partial charge in [0.1, 0.15) is 11.8 Å². The third-order valence-electron chi connectivity index (χ3n) is 2.78. The third kappa shape index (κ3) is 4.07. The van der Waals surface area contributed by atoms with Crippen molar-refractivity contribution in [2.45, 2.75) is 20.0 Å². The zero-order valence-corrected chi connectivity index (χ0v) is 11.4. The predicted octanol–water partition coefficient (Wildman–Crippen LogP) is 3.33. The minimum Gasteiger partial charge on any atom is -0.460 e. The lowest BCUT2D eigenvalue weighted by molar-refractivity contribution is -0.144. The van der Waals surface area contributed by atoms with Crippen molar-refractivity contribution in [2.24, 2.45) is 0 Å². The highest BCUT2D eigenvalue weighted by Gasteiger charge is 2.07. The fourth-order valence-corrected chi connectivity index (χ4v) is 1.78. The van der Waals surface area contributed by atoms with Crippen LogP contribution in [0.1, 0.15) is 16.7 Å². The fraction of sp³-hybridized carbons (Fsp3) is 0.200. The maximum Gasteiger partial charge on any atom is 0.310 e. The van der Waals surface area contributed by atoms with Gasteiger partial charge < -0.3 is 4.74 Å². The summed E-state index contributed by atoms with van der Waals surface area (Å²) < 4.78 is 5.20. The molecule has 0 saturated heterocycles. The first-order valence-electron chi connectivity index (χ1n) is 5.96. The third-order valence-corrected chi connectivity index (χ3v) is 3.01. The minimum absolute atomic E-state index is 0.217. The number of hydrogen-bond donors (Lipinski definition) is 0. The Morgan fingerprint density at radius 2 is 2.05 bits per heavy atom. The van der Waals surface area contributed by atoms with Crippen LogP contribution in [0.15, 0.2) is 42.6 Å². The van der Waals surface area contributed by atoms with E-state index in [1.54, 1.807) is 18.3 Å². The Morgan fingerprint density at radius 3 is 2.74 bits per heavy atom. The van der Waals surface area contributed by atoms with Crippen LogP contribution < -0.4 is 0 Å². The average molecular weight is 276 g/mol. The molecule has 0 bridgehead atoms. The van der Waals surface area contributed by atoms with E-state index in [0.29, 0.717) is 5.15 Å². The van der Waals surface area contributed by atoms with Crippen LogP contribution in [0.25, 0.3) is 0 Å². The molecule has 98 valence electrons. The van der Waals surface area contributed by atoms with E-state index in [0.717, 1.165) is 16.7 Å². The standard InChI is InChI=1S/C15H14ClNO2/c1-11-4-2-3-5-13(11)8-15(18)19-10-12-6-7-14(16)17-9-12/h2-7,9H,8,10H2,1H3. The number of ether oxygens (including phenoxy) is 1. The molecule has 0 aliphatic carbocycles. The molecule has 0 unspecified atom stereocenters. The monoisotopic (exact) mass is 275 g/mol. The molecule has 1 aromatic heterocycles. The molecule has 0 aliphatic heterocycles. The number of carbonyl (C=O) groups is 1. The number of aromatic nitrogens is 1. The van der Waals surface area contributed by atoms with Gasteiger partial charge >= 0.3 is 5.97 Å². The van der Waals surface area contributed by atoms with Crippen LogP contribution in [0, 0.1) is 6.92 Å². The first kappa shape index (κ1) is 13.6. The number of rotatable bonds is 4. The Kier molecular flexibility index (Phi) is 4.53. The number of aryl methyl sites for hydroxylation is 1. The summed E-state index contributed by atoms with van der Waals surface area (Å²) in [4.78, 5) is 15.7. The zero-order valence-electron chi connectivity index (χ0n) is 10.6. The lowest BCUT2D eigenvalue weighted by atomic mass is 10.1. The van der Waals surface area contributed by atoms with Crippen LogP contribution in [-0.4, -0.2) is 11.0 Å². The number of carbonyl (C=O) groups excluding carboxylic acids is 1. The molecule has 19 heavy (non-hydrogen) atoms. The van der Waals surface area contributed by atoms with Crippen molar-refractivity contribution in [3.63, 3.8) is 0 Å². The van der Waals surface area contributed by atoms with Crippen molar-refractivity contribution in [1.29, 1.82) is 0 Å². The molecule has 4 heteroatoms. The van der Waals surface area contributed by atoms with Gasteiger partial charge in [-0.25, -0.2) is 4.98 Å². The summed E-state index contributed by atoms with van der Waals surface area (Å²) in [5.41, 5.74) is 2.90. The van der Waals surface area contributed by atoms with E-state index < -0.39 is 0 Å². The molecule has 2 aromatic rings. The quantitative estimate of drug-likeness (QED) is 0.635. The van der Waals surface area contributed by atoms with Crippen molar-refractivity contribution in [3.8, 4) is 0 Å². The predicted molar refractivity (Wildman–Crippen MR) is 73.9 cm³/mol. The first-order valence-corrected chi connectivity index (χ1v) is 6.33. The Morgan fingerprint density at radius 1 is 1.26 bits per heavy atom. The lowest BCUT2D eigenvalue weighted by Gasteiger charge is -2.06. The maximum absolute atomic E-state index is 11.7. The fourth-order valence-electron chi connectivity index (χ4n) is 1.67. The normalized spacial score (nSPS) is 10.2. The molecule has 1 aromatic carbocycles. The summed E-state index contributed by atoms with van der Waals surface area (Å²) >= 11 is 5.68. The summed E-state index contributed by atoms with van der Waals surface area (Å²) in [6.45, 7) is 2.20. The zero-order chi connectivity index (χ0) is 13.7. The Balaban J connectivity index is 1.88. The molecule has 0 N–H and O–H groups in total. The van der Waals surface area contributed by atoms with Crippen LogP contribution in [0.3, 0.4) is 0 Å². The molecule has 0 amide bonds. The Hall–Kier alpha value is -1.87. The summed E-state index contributed by atoms with van der Waals surface area (Å²) in [5.74, 6) is -0.246. The van der Waals surface area contributed by atoms with Crippen molar-refractivity contribution >= 4 is 17.6 Å². The van der Waals surface area contributed by atoms with Crippen LogP contribution in [0.5, 0.6) is 0 Å². The molecule has 0 atom stereocenters. The largest absolute Gasteiger partial charge is 0.460 e. The molecule has 2 rings (SSSR count). The van der Waals surface area contributed by atoms with E-state index in [4.69, 9.17) is 16.3 Å². The average Bonchev–Trinajstić information content (AvgIpc) is 2.41. The molecule has 0 aliphatic rings. The van der Waals surface area contributed by atoms with Gasteiger partial charge in [0.15, 0.2) is 0 Å². The molecule has 0 spiro atoms. The van der Waals surface area contributed by atoms with Gasteiger partial charge in [-0.1, -0.05) is 41.9 Å². The second-order valence-corrected chi connectivity index (χ2v) is 4.64. The highest BCUT2D eigenvalue weighted by atomic mass is 35.5. The molecule has 1 heterocycles. The molecular formula is C15H14ClNO2. The Bertz CT molecular complexity index is 567. The number of benzene rings is 1. The van der Waals surface area contributed by atoms with Gasteiger partial charge in [0.2, 0.25) is 0 Å². The highest BCUT2D eigenvalue weighted by molar-refractivity contribution is 6.29. The van der Waals surface area contributed by atoms with E-state index in [9.17, 15) is 4.79 Å². The van der Waals surface area contributed by atoms with E-state index in [1.807, 2.05) is 31.2 Å². The number of halogens is 1. The molecular weight excluding hydrogens is 262 g/mol. The second-order valence-electron chi connectivity index (χ2n) is 4.25. The van der Waals surface area contributed by atoms with Gasteiger partial charge in [0, 0.05) is 11.8 Å². The van der Waals surface area contributed by atoms with Crippen molar-refractivity contribution in [1.82, 2.24) is 4.98 Å². The van der Waals surface area contributed by atoms with Gasteiger partial charge in [0.05, 0.1) is 6.42 Å². The van der Waals surface area contributed by atoms with Gasteiger partial charge in [-0.3, -0.25) is 4.79 Å². The summed E-state index contributed by atoms with van der Waals surface area (Å²) in [7, 11) is 0. The van der Waals surface area contributed by atoms with Crippen molar-refractivity contribution in [2.75, 3.05) is 0 Å². The number of nitrogens with zero attached hydrogens (tertiary/aromatic N) is 1. The van der Waals surface area contributed by atoms with E-state index in [2.05, 4.69) is 4.98 Å². The summed E-state index contributed by atoms with van der Waals surface area (Å²) in [6, 6.07) is 11.2. The van der Waals surface area contributed by atoms with Crippen LogP contribution >= 0.6 is 11.6 Å². The molecule has 0 radical (unpaired) electrons. The SMILES string of the molecule is Cc1ccccc1CC(=O)OCc1ccc(Cl)nc1. The first-order chi connectivity index (χ1) is 9.15. The smallest absolute Gasteiger partial charge is 0.310 e. The van der Waals surface area contributed by atoms with Gasteiger partial charge in [-0.15, -0.1) is 0 Å². The number of hydrogen-bond acceptors (Lipinski definition) is 3. The highest BCUT2D eigenvalue weighted by Crippen LogP contribution is 2.10. The number of esters is 1. The van der Waals surface area contributed by atoms with E-state index in [-0.39, 0.29) is 19.0 Å². The van der Waals surface area contributed by atoms with Crippen molar-refractivity contribution in [3.05, 3.63) is 64.4 Å². The minimum atomic E-state index is -0.246.